The maximum atomic E-state index is 9.06. The molecule has 0 amide bonds. The molecule has 100 valence electrons. The molecule has 18 heavy (non-hydrogen) atoms. The Morgan fingerprint density at radius 1 is 1.39 bits per heavy atom. The number of anilines is 1. The van der Waals surface area contributed by atoms with E-state index in [4.69, 9.17) is 24.5 Å². The minimum atomic E-state index is -0.876. The highest BCUT2D eigenvalue weighted by Crippen LogP contribution is 2.17. The average molecular weight is 255 g/mol. The summed E-state index contributed by atoms with van der Waals surface area (Å²) in [4.78, 5) is 5.00. The number of aliphatic hydroxyl groups excluding tert-OH is 2. The number of epoxide rings is 1. The molecule has 0 spiro atoms. The molecule has 1 heterocycles. The third-order valence-electron chi connectivity index (χ3n) is 2.37. The van der Waals surface area contributed by atoms with Gasteiger partial charge in [-0.15, -0.1) is 0 Å². The van der Waals surface area contributed by atoms with Crippen LogP contribution >= 0.6 is 0 Å². The smallest absolute Gasteiger partial charge is 0.119 e. The third-order valence-corrected chi connectivity index (χ3v) is 2.37. The summed E-state index contributed by atoms with van der Waals surface area (Å²) in [7, 11) is 0. The number of rotatable bonds is 8. The summed E-state index contributed by atoms with van der Waals surface area (Å²) in [5.74, 6) is 0.770. The Labute approximate surface area is 105 Å². The van der Waals surface area contributed by atoms with E-state index in [0.717, 1.165) is 18.0 Å². The van der Waals surface area contributed by atoms with Crippen LogP contribution in [0.4, 0.5) is 5.69 Å². The molecule has 0 saturated carbocycles. The van der Waals surface area contributed by atoms with Crippen molar-refractivity contribution < 1.29 is 24.5 Å². The Hall–Kier alpha value is -1.34. The molecule has 1 aromatic rings. The van der Waals surface area contributed by atoms with Crippen LogP contribution in [0.3, 0.4) is 0 Å². The van der Waals surface area contributed by atoms with Crippen molar-refractivity contribution >= 4 is 5.69 Å². The molecule has 0 radical (unpaired) electrons. The normalized spacial score (nSPS) is 19.3. The second kappa shape index (κ2) is 6.55. The number of hydrogen-bond acceptors (Lipinski definition) is 6. The van der Waals surface area contributed by atoms with E-state index in [2.05, 4.69) is 5.48 Å². The highest BCUT2D eigenvalue weighted by Gasteiger charge is 2.22. The lowest BCUT2D eigenvalue weighted by atomic mass is 10.3. The van der Waals surface area contributed by atoms with Crippen LogP contribution in [0.2, 0.25) is 0 Å². The summed E-state index contributed by atoms with van der Waals surface area (Å²) >= 11 is 0. The highest BCUT2D eigenvalue weighted by atomic mass is 16.6. The van der Waals surface area contributed by atoms with Crippen LogP contribution in [0.15, 0.2) is 24.3 Å². The number of benzene rings is 1. The molecule has 0 bridgehead atoms. The first-order chi connectivity index (χ1) is 8.78. The van der Waals surface area contributed by atoms with Gasteiger partial charge in [0.1, 0.15) is 31.2 Å². The standard InChI is InChI=1S/C12H17NO5/c14-5-10(15)6-18-13-9-1-3-11(4-2-9)16-7-12-8-17-12/h1-4,10,12-15H,5-8H2. The number of aliphatic hydroxyl groups is 2. The first kappa shape index (κ1) is 13.1. The highest BCUT2D eigenvalue weighted by molar-refractivity contribution is 5.44. The number of ether oxygens (including phenoxy) is 2. The Balaban J connectivity index is 1.69. The molecular weight excluding hydrogens is 238 g/mol. The fourth-order valence-electron chi connectivity index (χ4n) is 1.25. The molecule has 1 aliphatic rings. The molecule has 2 atom stereocenters. The van der Waals surface area contributed by atoms with Crippen LogP contribution in [0.25, 0.3) is 0 Å². The molecule has 2 rings (SSSR count). The van der Waals surface area contributed by atoms with E-state index < -0.39 is 6.10 Å². The van der Waals surface area contributed by atoms with Gasteiger partial charge in [0.25, 0.3) is 0 Å². The number of hydrogen-bond donors (Lipinski definition) is 3. The van der Waals surface area contributed by atoms with Gasteiger partial charge in [-0.05, 0) is 24.3 Å². The van der Waals surface area contributed by atoms with E-state index in [1.165, 1.54) is 0 Å². The SMILES string of the molecule is OCC(O)CONc1ccc(OCC2CO2)cc1. The molecule has 0 aromatic heterocycles. The van der Waals surface area contributed by atoms with Gasteiger partial charge in [-0.25, -0.2) is 0 Å². The average Bonchev–Trinajstić information content (AvgIpc) is 3.21. The first-order valence-corrected chi connectivity index (χ1v) is 5.79. The molecule has 0 aliphatic carbocycles. The first-order valence-electron chi connectivity index (χ1n) is 5.79. The van der Waals surface area contributed by atoms with E-state index in [9.17, 15) is 0 Å². The zero-order chi connectivity index (χ0) is 12.8. The van der Waals surface area contributed by atoms with Crippen molar-refractivity contribution in [2.24, 2.45) is 0 Å². The van der Waals surface area contributed by atoms with Crippen molar-refractivity contribution in [3.05, 3.63) is 24.3 Å². The molecule has 1 saturated heterocycles. The van der Waals surface area contributed by atoms with E-state index >= 15 is 0 Å². The summed E-state index contributed by atoms with van der Waals surface area (Å²) in [5.41, 5.74) is 3.41. The second-order valence-electron chi connectivity index (χ2n) is 4.04. The van der Waals surface area contributed by atoms with E-state index in [-0.39, 0.29) is 19.3 Å². The molecule has 1 aromatic carbocycles. The van der Waals surface area contributed by atoms with Gasteiger partial charge in [0.15, 0.2) is 0 Å². The molecular formula is C12H17NO5. The monoisotopic (exact) mass is 255 g/mol. The summed E-state index contributed by atoms with van der Waals surface area (Å²) in [6, 6.07) is 7.23. The molecule has 1 aliphatic heterocycles. The Bertz CT molecular complexity index is 352. The maximum absolute atomic E-state index is 9.06. The lowest BCUT2D eigenvalue weighted by Gasteiger charge is -2.10. The van der Waals surface area contributed by atoms with Crippen LogP contribution in [0, 0.1) is 0 Å². The zero-order valence-electron chi connectivity index (χ0n) is 9.91. The van der Waals surface area contributed by atoms with Crippen molar-refractivity contribution in [1.29, 1.82) is 0 Å². The summed E-state index contributed by atoms with van der Waals surface area (Å²) in [6.07, 6.45) is -0.634. The summed E-state index contributed by atoms with van der Waals surface area (Å²) in [5, 5.41) is 17.7. The van der Waals surface area contributed by atoms with Crippen molar-refractivity contribution in [1.82, 2.24) is 0 Å². The van der Waals surface area contributed by atoms with Crippen molar-refractivity contribution in [2.75, 3.05) is 31.9 Å². The second-order valence-corrected chi connectivity index (χ2v) is 4.04. The van der Waals surface area contributed by atoms with Gasteiger partial charge in [0.2, 0.25) is 0 Å². The van der Waals surface area contributed by atoms with Crippen LogP contribution in [-0.2, 0) is 9.57 Å². The topological polar surface area (TPSA) is 83.5 Å². The molecule has 1 fully saturated rings. The van der Waals surface area contributed by atoms with Crippen molar-refractivity contribution in [3.8, 4) is 5.75 Å². The summed E-state index contributed by atoms with van der Waals surface area (Å²) < 4.78 is 10.5. The fraction of sp³-hybridized carbons (Fsp3) is 0.500. The van der Waals surface area contributed by atoms with Gasteiger partial charge in [-0.3, -0.25) is 10.3 Å². The number of nitrogens with one attached hydrogen (secondary N) is 1. The van der Waals surface area contributed by atoms with Crippen LogP contribution in [0.5, 0.6) is 5.75 Å². The zero-order valence-corrected chi connectivity index (χ0v) is 9.91. The van der Waals surface area contributed by atoms with Gasteiger partial charge in [-0.2, -0.15) is 0 Å². The maximum Gasteiger partial charge on any atom is 0.119 e. The van der Waals surface area contributed by atoms with Gasteiger partial charge in [0.05, 0.1) is 18.9 Å². The van der Waals surface area contributed by atoms with Gasteiger partial charge < -0.3 is 19.7 Å². The van der Waals surface area contributed by atoms with E-state index in [0.29, 0.717) is 6.61 Å². The lowest BCUT2D eigenvalue weighted by molar-refractivity contribution is 0.0246. The van der Waals surface area contributed by atoms with Gasteiger partial charge in [0, 0.05) is 0 Å². The fourth-order valence-corrected chi connectivity index (χ4v) is 1.25. The predicted molar refractivity (Wildman–Crippen MR) is 64.3 cm³/mol. The van der Waals surface area contributed by atoms with Gasteiger partial charge >= 0.3 is 0 Å². The van der Waals surface area contributed by atoms with Crippen molar-refractivity contribution in [3.63, 3.8) is 0 Å². The van der Waals surface area contributed by atoms with E-state index in [1.54, 1.807) is 12.1 Å². The molecule has 6 nitrogen and oxygen atoms in total. The third kappa shape index (κ3) is 4.50. The van der Waals surface area contributed by atoms with Crippen molar-refractivity contribution in [2.45, 2.75) is 12.2 Å². The Kier molecular flexibility index (Phi) is 4.77. The van der Waals surface area contributed by atoms with Crippen LogP contribution in [0.1, 0.15) is 0 Å². The lowest BCUT2D eigenvalue weighted by Crippen LogP contribution is -2.21. The predicted octanol–water partition coefficient (Wildman–Crippen LogP) is 0.161. The molecule has 3 N–H and O–H groups in total. The Morgan fingerprint density at radius 3 is 2.72 bits per heavy atom. The minimum absolute atomic E-state index is 0.0216. The molecule has 2 unspecified atom stereocenters. The van der Waals surface area contributed by atoms with Gasteiger partial charge in [-0.1, -0.05) is 0 Å². The largest absolute Gasteiger partial charge is 0.491 e. The minimum Gasteiger partial charge on any atom is -0.491 e. The van der Waals surface area contributed by atoms with E-state index in [1.807, 2.05) is 12.1 Å². The Morgan fingerprint density at radius 2 is 2.11 bits per heavy atom. The van der Waals surface area contributed by atoms with Crippen LogP contribution in [-0.4, -0.2) is 48.8 Å². The molecule has 6 heteroatoms. The summed E-state index contributed by atoms with van der Waals surface area (Å²) in [6.45, 7) is 1.05. The van der Waals surface area contributed by atoms with Crippen LogP contribution < -0.4 is 10.2 Å². The quantitative estimate of drug-likeness (QED) is 0.453.